The summed E-state index contributed by atoms with van der Waals surface area (Å²) in [6.07, 6.45) is 0. The van der Waals surface area contributed by atoms with Crippen molar-refractivity contribution in [1.29, 1.82) is 0 Å². The molecule has 0 bridgehead atoms. The zero-order valence-electron chi connectivity index (χ0n) is 6.90. The number of carbonyl (C=O) groups excluding carboxylic acids is 1. The average molecular weight is 235 g/mol. The Kier molecular flexibility index (Phi) is 2.97. The van der Waals surface area contributed by atoms with Crippen LogP contribution in [0.5, 0.6) is 0 Å². The second kappa shape index (κ2) is 3.85. The summed E-state index contributed by atoms with van der Waals surface area (Å²) in [5, 5.41) is 2.16. The number of nitrogens with one attached hydrogen (secondary N) is 1. The first-order valence-electron chi connectivity index (χ1n) is 3.51. The fourth-order valence-electron chi connectivity index (χ4n) is 0.915. The maximum atomic E-state index is 11.0. The van der Waals surface area contributed by atoms with Crippen molar-refractivity contribution in [3.63, 3.8) is 0 Å². The van der Waals surface area contributed by atoms with Crippen molar-refractivity contribution in [2.75, 3.05) is 5.32 Å². The van der Waals surface area contributed by atoms with Crippen molar-refractivity contribution in [3.8, 4) is 0 Å². The van der Waals surface area contributed by atoms with Crippen LogP contribution in [0.4, 0.5) is 10.5 Å². The molecular weight excluding hydrogens is 228 g/mol. The van der Waals surface area contributed by atoms with Crippen molar-refractivity contribution in [3.05, 3.63) is 24.3 Å². The van der Waals surface area contributed by atoms with Crippen LogP contribution in [-0.4, -0.2) is 14.4 Å². The number of benzene rings is 1. The van der Waals surface area contributed by atoms with Gasteiger partial charge in [-0.05, 0) is 12.1 Å². The van der Waals surface area contributed by atoms with E-state index in [2.05, 4.69) is 5.32 Å². The van der Waals surface area contributed by atoms with E-state index in [-0.39, 0.29) is 10.6 Å². The molecule has 1 rings (SSSR count). The highest BCUT2D eigenvalue weighted by atomic mass is 35.7. The van der Waals surface area contributed by atoms with Gasteiger partial charge in [0, 0.05) is 10.7 Å². The van der Waals surface area contributed by atoms with Gasteiger partial charge >= 0.3 is 6.03 Å². The maximum Gasteiger partial charge on any atom is 0.316 e. The smallest absolute Gasteiger partial charge is 0.316 e. The molecule has 0 fully saturated rings. The third-order valence-corrected chi connectivity index (χ3v) is 2.79. The summed E-state index contributed by atoms with van der Waals surface area (Å²) in [6, 6.07) is 4.85. The Morgan fingerprint density at radius 2 is 1.93 bits per heavy atom. The van der Waals surface area contributed by atoms with Gasteiger partial charge < -0.3 is 11.1 Å². The van der Waals surface area contributed by atoms with Crippen LogP contribution in [0.3, 0.4) is 0 Å². The van der Waals surface area contributed by atoms with Crippen molar-refractivity contribution >= 4 is 31.5 Å². The molecule has 2 amide bonds. The van der Waals surface area contributed by atoms with E-state index in [1.807, 2.05) is 0 Å². The first-order valence-corrected chi connectivity index (χ1v) is 5.82. The molecule has 0 aromatic heterocycles. The molecule has 0 aliphatic carbocycles. The molecule has 0 atom stereocenters. The van der Waals surface area contributed by atoms with Gasteiger partial charge in [-0.25, -0.2) is 13.2 Å². The van der Waals surface area contributed by atoms with Gasteiger partial charge in [0.05, 0.1) is 5.69 Å². The van der Waals surface area contributed by atoms with E-state index in [0.29, 0.717) is 0 Å². The van der Waals surface area contributed by atoms with E-state index < -0.39 is 15.1 Å². The fourth-order valence-corrected chi connectivity index (χ4v) is 1.94. The zero-order valence-corrected chi connectivity index (χ0v) is 8.47. The van der Waals surface area contributed by atoms with Crippen LogP contribution >= 0.6 is 10.7 Å². The van der Waals surface area contributed by atoms with Crippen molar-refractivity contribution in [2.45, 2.75) is 4.90 Å². The lowest BCUT2D eigenvalue weighted by Crippen LogP contribution is -2.20. The summed E-state index contributed by atoms with van der Waals surface area (Å²) in [5.74, 6) is 0. The SMILES string of the molecule is NC(=O)Nc1ccccc1S(=O)(=O)Cl. The van der Waals surface area contributed by atoms with E-state index in [1.165, 1.54) is 18.2 Å². The lowest BCUT2D eigenvalue weighted by Gasteiger charge is -2.05. The quantitative estimate of drug-likeness (QED) is 0.751. The molecule has 3 N–H and O–H groups in total. The second-order valence-electron chi connectivity index (χ2n) is 2.42. The van der Waals surface area contributed by atoms with E-state index in [1.54, 1.807) is 6.07 Å². The van der Waals surface area contributed by atoms with Gasteiger partial charge in [0.2, 0.25) is 0 Å². The molecule has 0 saturated heterocycles. The zero-order chi connectivity index (χ0) is 10.8. The molecule has 0 saturated carbocycles. The first kappa shape index (κ1) is 10.8. The van der Waals surface area contributed by atoms with E-state index >= 15 is 0 Å². The minimum atomic E-state index is -3.88. The minimum Gasteiger partial charge on any atom is -0.351 e. The number of nitrogens with two attached hydrogens (primary N) is 1. The number of hydrogen-bond acceptors (Lipinski definition) is 3. The van der Waals surface area contributed by atoms with Gasteiger partial charge in [0.1, 0.15) is 4.90 Å². The molecule has 0 radical (unpaired) electrons. The largest absolute Gasteiger partial charge is 0.351 e. The highest BCUT2D eigenvalue weighted by Crippen LogP contribution is 2.23. The van der Waals surface area contributed by atoms with Gasteiger partial charge in [-0.15, -0.1) is 0 Å². The molecule has 0 aliphatic rings. The Hall–Kier alpha value is -1.27. The van der Waals surface area contributed by atoms with Crippen LogP contribution in [-0.2, 0) is 9.05 Å². The normalized spacial score (nSPS) is 10.9. The van der Waals surface area contributed by atoms with E-state index in [4.69, 9.17) is 16.4 Å². The molecule has 76 valence electrons. The number of urea groups is 1. The van der Waals surface area contributed by atoms with Crippen LogP contribution in [0.15, 0.2) is 29.2 Å². The lowest BCUT2D eigenvalue weighted by atomic mass is 10.3. The van der Waals surface area contributed by atoms with Gasteiger partial charge in [0.25, 0.3) is 9.05 Å². The lowest BCUT2D eigenvalue weighted by molar-refractivity contribution is 0.259. The Balaban J connectivity index is 3.23. The number of hydrogen-bond donors (Lipinski definition) is 2. The predicted octanol–water partition coefficient (Wildman–Crippen LogP) is 1.10. The Morgan fingerprint density at radius 3 is 2.43 bits per heavy atom. The summed E-state index contributed by atoms with van der Waals surface area (Å²) < 4.78 is 22.0. The molecular formula is C7H7ClN2O3S. The molecule has 0 heterocycles. The van der Waals surface area contributed by atoms with Crippen molar-refractivity contribution in [2.24, 2.45) is 5.73 Å². The molecule has 14 heavy (non-hydrogen) atoms. The molecule has 0 aliphatic heterocycles. The summed E-state index contributed by atoms with van der Waals surface area (Å²) in [7, 11) is 1.25. The molecule has 5 nitrogen and oxygen atoms in total. The highest BCUT2D eigenvalue weighted by molar-refractivity contribution is 8.13. The number of carbonyl (C=O) groups is 1. The van der Waals surface area contributed by atoms with E-state index in [9.17, 15) is 13.2 Å². The summed E-state index contributed by atoms with van der Waals surface area (Å²) in [4.78, 5) is 10.3. The summed E-state index contributed by atoms with van der Waals surface area (Å²) >= 11 is 0. The Bertz CT molecular complexity index is 458. The summed E-state index contributed by atoms with van der Waals surface area (Å²) in [5.41, 5.74) is 4.91. The van der Waals surface area contributed by atoms with Crippen molar-refractivity contribution in [1.82, 2.24) is 0 Å². The monoisotopic (exact) mass is 234 g/mol. The van der Waals surface area contributed by atoms with Crippen LogP contribution in [0.2, 0.25) is 0 Å². The minimum absolute atomic E-state index is 0.0648. The van der Waals surface area contributed by atoms with Crippen LogP contribution < -0.4 is 11.1 Å². The maximum absolute atomic E-state index is 11.0. The number of amides is 2. The second-order valence-corrected chi connectivity index (χ2v) is 4.96. The molecule has 7 heteroatoms. The van der Waals surface area contributed by atoms with Crippen molar-refractivity contribution < 1.29 is 13.2 Å². The topological polar surface area (TPSA) is 89.3 Å². The predicted molar refractivity (Wildman–Crippen MR) is 52.7 cm³/mol. The van der Waals surface area contributed by atoms with E-state index in [0.717, 1.165) is 0 Å². The standard InChI is InChI=1S/C7H7ClN2O3S/c8-14(12,13)6-4-2-1-3-5(6)10-7(9)11/h1-4H,(H3,9,10,11). The first-order chi connectivity index (χ1) is 6.41. The van der Waals surface area contributed by atoms with Gasteiger partial charge in [0.15, 0.2) is 0 Å². The number of para-hydroxylation sites is 1. The van der Waals surface area contributed by atoms with Crippen LogP contribution in [0.25, 0.3) is 0 Å². The highest BCUT2D eigenvalue weighted by Gasteiger charge is 2.15. The molecule has 0 unspecified atom stereocenters. The summed E-state index contributed by atoms with van der Waals surface area (Å²) in [6.45, 7) is 0. The number of rotatable bonds is 2. The number of halogens is 1. The molecule has 1 aromatic carbocycles. The van der Waals surface area contributed by atoms with Gasteiger partial charge in [-0.2, -0.15) is 0 Å². The third kappa shape index (κ3) is 2.61. The molecule has 0 spiro atoms. The van der Waals surface area contributed by atoms with Gasteiger partial charge in [-0.3, -0.25) is 0 Å². The Morgan fingerprint density at radius 1 is 1.36 bits per heavy atom. The average Bonchev–Trinajstić information content (AvgIpc) is 2.01. The van der Waals surface area contributed by atoms with Gasteiger partial charge in [-0.1, -0.05) is 12.1 Å². The fraction of sp³-hybridized carbons (Fsp3) is 0. The van der Waals surface area contributed by atoms with Crippen LogP contribution in [0, 0.1) is 0 Å². The number of primary amides is 1. The third-order valence-electron chi connectivity index (χ3n) is 1.41. The number of anilines is 1. The van der Waals surface area contributed by atoms with Crippen LogP contribution in [0.1, 0.15) is 0 Å². The Labute approximate surface area is 85.3 Å². The molecule has 1 aromatic rings.